The highest BCUT2D eigenvalue weighted by Crippen LogP contribution is 2.39. The Morgan fingerprint density at radius 3 is 1.71 bits per heavy atom. The normalized spacial score (nSPS) is 11.8. The molecule has 0 aliphatic heterocycles. The number of hydrogen-bond donors (Lipinski definition) is 0. The number of fused-ring (bicyclic) bond motifs is 2. The molecule has 0 atom stereocenters. The second-order valence-corrected chi connectivity index (χ2v) is 6.63. The first-order chi connectivity index (χ1) is 11.6. The fraction of sp³-hybridized carbons (Fsp3) is 0.130. The van der Waals surface area contributed by atoms with Gasteiger partial charge in [-0.25, -0.2) is 0 Å². The minimum atomic E-state index is -0.409. The summed E-state index contributed by atoms with van der Waals surface area (Å²) in [4.78, 5) is 0. The van der Waals surface area contributed by atoms with Gasteiger partial charge in [-0.1, -0.05) is 78.9 Å². The maximum absolute atomic E-state index is 6.61. The lowest BCUT2D eigenvalue weighted by molar-refractivity contribution is 0.113. The predicted molar refractivity (Wildman–Crippen MR) is 102 cm³/mol. The van der Waals surface area contributed by atoms with Crippen LogP contribution in [-0.4, -0.2) is 0 Å². The fourth-order valence-electron chi connectivity index (χ4n) is 3.24. The summed E-state index contributed by atoms with van der Waals surface area (Å²) in [7, 11) is 0. The highest BCUT2D eigenvalue weighted by molar-refractivity contribution is 6.05. The third kappa shape index (κ3) is 2.52. The van der Waals surface area contributed by atoms with E-state index in [9.17, 15) is 0 Å². The molecule has 4 aromatic carbocycles. The molecule has 0 saturated carbocycles. The summed E-state index contributed by atoms with van der Waals surface area (Å²) in [6.07, 6.45) is 0. The van der Waals surface area contributed by atoms with Crippen molar-refractivity contribution in [3.05, 3.63) is 90.5 Å². The van der Waals surface area contributed by atoms with E-state index in [4.69, 9.17) is 4.74 Å². The zero-order chi connectivity index (χ0) is 16.6. The molecule has 1 nitrogen and oxygen atoms in total. The van der Waals surface area contributed by atoms with Gasteiger partial charge >= 0.3 is 0 Å². The minimum absolute atomic E-state index is 0.409. The topological polar surface area (TPSA) is 9.23 Å². The standard InChI is InChI=1S/C23H20O/c1-23(2,19-12-4-3-5-13-19)24-22-20-14-8-6-10-17(20)16-18-11-7-9-15-21(18)22/h3-16H,1-2H3. The summed E-state index contributed by atoms with van der Waals surface area (Å²) in [6.45, 7) is 4.25. The molecule has 0 heterocycles. The van der Waals surface area contributed by atoms with Crippen molar-refractivity contribution in [2.45, 2.75) is 19.4 Å². The Labute approximate surface area is 142 Å². The van der Waals surface area contributed by atoms with Crippen molar-refractivity contribution in [2.75, 3.05) is 0 Å². The van der Waals surface area contributed by atoms with E-state index >= 15 is 0 Å². The molecule has 1 heteroatoms. The zero-order valence-electron chi connectivity index (χ0n) is 14.0. The molecule has 0 bridgehead atoms. The highest BCUT2D eigenvalue weighted by atomic mass is 16.5. The van der Waals surface area contributed by atoms with Crippen LogP contribution in [0.5, 0.6) is 5.75 Å². The Morgan fingerprint density at radius 1 is 0.625 bits per heavy atom. The van der Waals surface area contributed by atoms with E-state index in [1.807, 2.05) is 6.07 Å². The first kappa shape index (κ1) is 14.8. The van der Waals surface area contributed by atoms with Gasteiger partial charge in [0.1, 0.15) is 11.4 Å². The molecule has 0 amide bonds. The smallest absolute Gasteiger partial charge is 0.136 e. The third-order valence-electron chi connectivity index (χ3n) is 4.55. The average Bonchev–Trinajstić information content (AvgIpc) is 2.62. The molecule has 118 valence electrons. The summed E-state index contributed by atoms with van der Waals surface area (Å²) >= 11 is 0. The number of benzene rings is 4. The molecule has 0 fully saturated rings. The van der Waals surface area contributed by atoms with Crippen LogP contribution in [0.2, 0.25) is 0 Å². The largest absolute Gasteiger partial charge is 0.482 e. The SMILES string of the molecule is CC(C)(Oc1c2ccccc2cc2ccccc12)c1ccccc1. The lowest BCUT2D eigenvalue weighted by atomic mass is 9.97. The van der Waals surface area contributed by atoms with Gasteiger partial charge in [0.25, 0.3) is 0 Å². The van der Waals surface area contributed by atoms with Crippen molar-refractivity contribution in [1.82, 2.24) is 0 Å². The Bertz CT molecular complexity index is 946. The summed E-state index contributed by atoms with van der Waals surface area (Å²) in [5, 5.41) is 4.71. The summed E-state index contributed by atoms with van der Waals surface area (Å²) in [5.41, 5.74) is 0.760. The summed E-state index contributed by atoms with van der Waals surface area (Å²) in [6, 6.07) is 29.5. The Kier molecular flexibility index (Phi) is 3.50. The van der Waals surface area contributed by atoms with E-state index < -0.39 is 5.60 Å². The Balaban J connectivity index is 1.94. The van der Waals surface area contributed by atoms with Crippen LogP contribution in [-0.2, 0) is 5.60 Å². The van der Waals surface area contributed by atoms with Gasteiger partial charge < -0.3 is 4.74 Å². The van der Waals surface area contributed by atoms with Crippen LogP contribution < -0.4 is 4.74 Å². The van der Waals surface area contributed by atoms with Gasteiger partial charge in [0.05, 0.1) is 0 Å². The van der Waals surface area contributed by atoms with Crippen LogP contribution in [0.3, 0.4) is 0 Å². The first-order valence-electron chi connectivity index (χ1n) is 8.30. The number of ether oxygens (including phenoxy) is 1. The third-order valence-corrected chi connectivity index (χ3v) is 4.55. The van der Waals surface area contributed by atoms with Gasteiger partial charge in [0.2, 0.25) is 0 Å². The zero-order valence-corrected chi connectivity index (χ0v) is 14.0. The van der Waals surface area contributed by atoms with E-state index in [2.05, 4.69) is 92.7 Å². The predicted octanol–water partition coefficient (Wildman–Crippen LogP) is 6.31. The summed E-state index contributed by atoms with van der Waals surface area (Å²) < 4.78 is 6.61. The molecular weight excluding hydrogens is 292 g/mol. The van der Waals surface area contributed by atoms with Gasteiger partial charge in [-0.2, -0.15) is 0 Å². The molecule has 0 spiro atoms. The number of hydrogen-bond acceptors (Lipinski definition) is 1. The average molecular weight is 312 g/mol. The van der Waals surface area contributed by atoms with Gasteiger partial charge in [0, 0.05) is 10.8 Å². The van der Waals surface area contributed by atoms with Crippen molar-refractivity contribution in [3.63, 3.8) is 0 Å². The van der Waals surface area contributed by atoms with Crippen LogP contribution in [0, 0.1) is 0 Å². The quantitative estimate of drug-likeness (QED) is 0.403. The summed E-state index contributed by atoms with van der Waals surface area (Å²) in [5.74, 6) is 0.956. The van der Waals surface area contributed by atoms with E-state index in [0.717, 1.165) is 16.5 Å². The van der Waals surface area contributed by atoms with Crippen LogP contribution in [0.1, 0.15) is 19.4 Å². The molecule has 4 rings (SSSR count). The molecule has 0 aliphatic carbocycles. The molecule has 0 radical (unpaired) electrons. The lowest BCUT2D eigenvalue weighted by Crippen LogP contribution is -2.25. The van der Waals surface area contributed by atoms with Gasteiger partial charge in [-0.05, 0) is 36.2 Å². The molecule has 0 N–H and O–H groups in total. The van der Waals surface area contributed by atoms with E-state index in [1.54, 1.807) is 0 Å². The van der Waals surface area contributed by atoms with Crippen LogP contribution >= 0.6 is 0 Å². The van der Waals surface area contributed by atoms with E-state index in [0.29, 0.717) is 0 Å². The van der Waals surface area contributed by atoms with Crippen molar-refractivity contribution < 1.29 is 4.74 Å². The van der Waals surface area contributed by atoms with E-state index in [1.165, 1.54) is 16.3 Å². The van der Waals surface area contributed by atoms with Crippen molar-refractivity contribution in [1.29, 1.82) is 0 Å². The maximum atomic E-state index is 6.61. The second kappa shape index (κ2) is 5.68. The molecule has 0 unspecified atom stereocenters. The van der Waals surface area contributed by atoms with Gasteiger partial charge in [-0.15, -0.1) is 0 Å². The number of rotatable bonds is 3. The fourth-order valence-corrected chi connectivity index (χ4v) is 3.24. The highest BCUT2D eigenvalue weighted by Gasteiger charge is 2.24. The lowest BCUT2D eigenvalue weighted by Gasteiger charge is -2.28. The first-order valence-corrected chi connectivity index (χ1v) is 8.30. The van der Waals surface area contributed by atoms with Gasteiger partial charge in [0.15, 0.2) is 0 Å². The molecule has 0 aromatic heterocycles. The molecule has 24 heavy (non-hydrogen) atoms. The second-order valence-electron chi connectivity index (χ2n) is 6.63. The van der Waals surface area contributed by atoms with E-state index in [-0.39, 0.29) is 0 Å². The molecule has 0 aliphatic rings. The molecule has 0 saturated heterocycles. The van der Waals surface area contributed by atoms with Gasteiger partial charge in [-0.3, -0.25) is 0 Å². The van der Waals surface area contributed by atoms with Crippen LogP contribution in [0.15, 0.2) is 84.9 Å². The van der Waals surface area contributed by atoms with Crippen molar-refractivity contribution >= 4 is 21.5 Å². The van der Waals surface area contributed by atoms with Crippen molar-refractivity contribution in [3.8, 4) is 5.75 Å². The van der Waals surface area contributed by atoms with Crippen LogP contribution in [0.4, 0.5) is 0 Å². The maximum Gasteiger partial charge on any atom is 0.136 e. The van der Waals surface area contributed by atoms with Crippen molar-refractivity contribution in [2.24, 2.45) is 0 Å². The monoisotopic (exact) mass is 312 g/mol. The Hall–Kier alpha value is -2.80. The molecule has 4 aromatic rings. The molecular formula is C23H20O. The minimum Gasteiger partial charge on any atom is -0.482 e. The Morgan fingerprint density at radius 2 is 1.12 bits per heavy atom. The van der Waals surface area contributed by atoms with Crippen LogP contribution in [0.25, 0.3) is 21.5 Å².